The van der Waals surface area contributed by atoms with Crippen LogP contribution < -0.4 is 4.31 Å². The second kappa shape index (κ2) is 5.38. The van der Waals surface area contributed by atoms with Crippen LogP contribution in [0.4, 0.5) is 5.69 Å². The number of halogens is 1. The molecule has 1 N–H and O–H groups in total. The van der Waals surface area contributed by atoms with E-state index in [2.05, 4.69) is 5.10 Å². The zero-order chi connectivity index (χ0) is 15.8. The van der Waals surface area contributed by atoms with Crippen molar-refractivity contribution in [3.63, 3.8) is 0 Å². The van der Waals surface area contributed by atoms with Crippen LogP contribution in [0.5, 0.6) is 0 Å². The highest BCUT2D eigenvalue weighted by atomic mass is 35.5. The van der Waals surface area contributed by atoms with Crippen molar-refractivity contribution < 1.29 is 18.3 Å². The average molecular weight is 330 g/mol. The van der Waals surface area contributed by atoms with Gasteiger partial charge in [-0.05, 0) is 12.1 Å². The molecule has 0 aliphatic heterocycles. The first-order chi connectivity index (χ1) is 9.76. The Kier molecular flexibility index (Phi) is 3.93. The lowest BCUT2D eigenvalue weighted by molar-refractivity contribution is 0.0698. The minimum atomic E-state index is -4.03. The van der Waals surface area contributed by atoms with E-state index in [1.165, 1.54) is 38.5 Å². The fourth-order valence-corrected chi connectivity index (χ4v) is 3.69. The zero-order valence-electron chi connectivity index (χ0n) is 11.2. The highest BCUT2D eigenvalue weighted by molar-refractivity contribution is 7.92. The van der Waals surface area contributed by atoms with Crippen LogP contribution in [0.3, 0.4) is 0 Å². The Balaban J connectivity index is 2.60. The van der Waals surface area contributed by atoms with E-state index in [0.29, 0.717) is 0 Å². The van der Waals surface area contributed by atoms with Gasteiger partial charge in [-0.15, -0.1) is 0 Å². The minimum Gasteiger partial charge on any atom is -0.478 e. The van der Waals surface area contributed by atoms with Crippen LogP contribution in [-0.2, 0) is 17.1 Å². The smallest absolute Gasteiger partial charge is 0.337 e. The molecule has 0 fully saturated rings. The number of carboxylic acids is 1. The summed E-state index contributed by atoms with van der Waals surface area (Å²) in [5.41, 5.74) is -0.0795. The highest BCUT2D eigenvalue weighted by Gasteiger charge is 2.30. The van der Waals surface area contributed by atoms with Gasteiger partial charge in [0.15, 0.2) is 5.03 Å². The summed E-state index contributed by atoms with van der Waals surface area (Å²) >= 11 is 5.86. The van der Waals surface area contributed by atoms with Gasteiger partial charge < -0.3 is 5.11 Å². The maximum absolute atomic E-state index is 12.6. The summed E-state index contributed by atoms with van der Waals surface area (Å²) in [6.07, 6.45) is 1.21. The molecule has 0 aliphatic rings. The quantitative estimate of drug-likeness (QED) is 0.919. The summed E-state index contributed by atoms with van der Waals surface area (Å²) in [7, 11) is -1.32. The molecule has 0 saturated heterocycles. The van der Waals surface area contributed by atoms with Gasteiger partial charge in [0.25, 0.3) is 10.0 Å². The van der Waals surface area contributed by atoms with Crippen molar-refractivity contribution in [2.24, 2.45) is 7.05 Å². The molecule has 1 aromatic carbocycles. The lowest BCUT2D eigenvalue weighted by Crippen LogP contribution is -2.30. The van der Waals surface area contributed by atoms with Crippen LogP contribution in [0.1, 0.15) is 10.4 Å². The third-order valence-electron chi connectivity index (χ3n) is 2.92. The molecule has 0 radical (unpaired) electrons. The summed E-state index contributed by atoms with van der Waals surface area (Å²) < 4.78 is 27.2. The largest absolute Gasteiger partial charge is 0.478 e. The Hall–Kier alpha value is -2.06. The predicted molar refractivity (Wildman–Crippen MR) is 77.2 cm³/mol. The van der Waals surface area contributed by atoms with E-state index in [1.54, 1.807) is 6.07 Å². The Morgan fingerprint density at radius 1 is 1.38 bits per heavy atom. The van der Waals surface area contributed by atoms with Crippen molar-refractivity contribution in [2.45, 2.75) is 5.03 Å². The van der Waals surface area contributed by atoms with Gasteiger partial charge >= 0.3 is 5.97 Å². The summed E-state index contributed by atoms with van der Waals surface area (Å²) in [6.45, 7) is 0. The maximum Gasteiger partial charge on any atom is 0.337 e. The lowest BCUT2D eigenvalue weighted by Gasteiger charge is -2.21. The number of hydrogen-bond donors (Lipinski definition) is 1. The van der Waals surface area contributed by atoms with Gasteiger partial charge in [-0.1, -0.05) is 23.7 Å². The molecule has 7 nitrogen and oxygen atoms in total. The summed E-state index contributed by atoms with van der Waals surface area (Å²) in [5.74, 6) is -1.22. The molecule has 21 heavy (non-hydrogen) atoms. The first kappa shape index (κ1) is 15.3. The van der Waals surface area contributed by atoms with Gasteiger partial charge in [-0.25, -0.2) is 4.79 Å². The van der Waals surface area contributed by atoms with Crippen molar-refractivity contribution in [2.75, 3.05) is 11.4 Å². The van der Waals surface area contributed by atoms with E-state index in [4.69, 9.17) is 16.7 Å². The number of para-hydroxylation sites is 1. The molecule has 0 unspecified atom stereocenters. The van der Waals surface area contributed by atoms with E-state index in [-0.39, 0.29) is 21.3 Å². The molecule has 2 rings (SSSR count). The Morgan fingerprint density at radius 2 is 2.00 bits per heavy atom. The molecule has 9 heteroatoms. The number of rotatable bonds is 4. The van der Waals surface area contributed by atoms with E-state index >= 15 is 0 Å². The number of carbonyl (C=O) groups is 1. The topological polar surface area (TPSA) is 92.5 Å². The van der Waals surface area contributed by atoms with E-state index in [0.717, 1.165) is 8.99 Å². The Morgan fingerprint density at radius 3 is 2.52 bits per heavy atom. The molecule has 0 spiro atoms. The molecular formula is C12H12ClN3O4S. The van der Waals surface area contributed by atoms with Crippen molar-refractivity contribution in [3.8, 4) is 0 Å². The molecule has 0 amide bonds. The number of carboxylic acid groups (broad SMARTS) is 1. The fourth-order valence-electron chi connectivity index (χ4n) is 1.88. The summed E-state index contributed by atoms with van der Waals surface area (Å²) in [4.78, 5) is 11.2. The van der Waals surface area contributed by atoms with Gasteiger partial charge in [-0.3, -0.25) is 8.99 Å². The van der Waals surface area contributed by atoms with Crippen molar-refractivity contribution in [3.05, 3.63) is 41.0 Å². The third-order valence-corrected chi connectivity index (χ3v) is 5.20. The SMILES string of the molecule is CN(c1ccccc1C(=O)O)S(=O)(=O)c1c(Cl)cnn1C. The van der Waals surface area contributed by atoms with Crippen LogP contribution in [0, 0.1) is 0 Å². The number of aryl methyl sites for hydroxylation is 1. The number of aromatic nitrogens is 2. The molecule has 1 heterocycles. The van der Waals surface area contributed by atoms with Gasteiger partial charge in [-0.2, -0.15) is 13.5 Å². The molecule has 1 aromatic heterocycles. The fraction of sp³-hybridized carbons (Fsp3) is 0.167. The highest BCUT2D eigenvalue weighted by Crippen LogP contribution is 2.28. The zero-order valence-corrected chi connectivity index (χ0v) is 12.8. The molecular weight excluding hydrogens is 318 g/mol. The third kappa shape index (κ3) is 2.59. The molecule has 112 valence electrons. The Bertz CT molecular complexity index is 781. The monoisotopic (exact) mass is 329 g/mol. The van der Waals surface area contributed by atoms with Crippen LogP contribution >= 0.6 is 11.6 Å². The molecule has 0 aliphatic carbocycles. The average Bonchev–Trinajstić information content (AvgIpc) is 2.77. The number of nitrogens with zero attached hydrogens (tertiary/aromatic N) is 3. The van der Waals surface area contributed by atoms with Crippen molar-refractivity contribution >= 4 is 33.3 Å². The molecule has 0 bridgehead atoms. The number of benzene rings is 1. The second-order valence-corrected chi connectivity index (χ2v) is 6.51. The van der Waals surface area contributed by atoms with Crippen molar-refractivity contribution in [1.29, 1.82) is 0 Å². The van der Waals surface area contributed by atoms with Gasteiger partial charge in [0.1, 0.15) is 0 Å². The van der Waals surface area contributed by atoms with E-state index in [9.17, 15) is 13.2 Å². The second-order valence-electron chi connectivity index (χ2n) is 4.22. The van der Waals surface area contributed by atoms with Crippen LogP contribution in [0.2, 0.25) is 5.02 Å². The minimum absolute atomic E-state index is 0.0304. The normalized spacial score (nSPS) is 11.4. The van der Waals surface area contributed by atoms with Gasteiger partial charge in [0.2, 0.25) is 0 Å². The van der Waals surface area contributed by atoms with Gasteiger partial charge in [0, 0.05) is 14.1 Å². The summed E-state index contributed by atoms with van der Waals surface area (Å²) in [6, 6.07) is 5.81. The van der Waals surface area contributed by atoms with Gasteiger partial charge in [0.05, 0.1) is 22.5 Å². The summed E-state index contributed by atoms with van der Waals surface area (Å²) in [5, 5.41) is 12.7. The number of aromatic carboxylic acids is 1. The molecule has 2 aromatic rings. The van der Waals surface area contributed by atoms with E-state index < -0.39 is 16.0 Å². The van der Waals surface area contributed by atoms with Crippen LogP contribution in [-0.4, -0.2) is 36.3 Å². The first-order valence-corrected chi connectivity index (χ1v) is 7.57. The predicted octanol–water partition coefficient (Wildman–Crippen LogP) is 1.60. The maximum atomic E-state index is 12.6. The number of sulfonamides is 1. The molecule has 0 saturated carbocycles. The van der Waals surface area contributed by atoms with Crippen LogP contribution in [0.15, 0.2) is 35.5 Å². The van der Waals surface area contributed by atoms with Crippen LogP contribution in [0.25, 0.3) is 0 Å². The van der Waals surface area contributed by atoms with Crippen molar-refractivity contribution in [1.82, 2.24) is 9.78 Å². The number of anilines is 1. The number of hydrogen-bond acceptors (Lipinski definition) is 4. The Labute approximate surface area is 126 Å². The first-order valence-electron chi connectivity index (χ1n) is 5.75. The standard InChI is InChI=1S/C12H12ClN3O4S/c1-15-11(9(13)7-14-15)21(19,20)16(2)10-6-4-3-5-8(10)12(17)18/h3-7H,1-2H3,(H,17,18). The molecule has 0 atom stereocenters. The van der Waals surface area contributed by atoms with E-state index in [1.807, 2.05) is 0 Å². The lowest BCUT2D eigenvalue weighted by atomic mass is 10.2.